The molecule has 1 saturated heterocycles. The molecular formula is C22H34FN3O. The molecule has 0 radical (unpaired) electrons. The summed E-state index contributed by atoms with van der Waals surface area (Å²) in [5.74, 6) is 0.523. The number of likely N-dealkylation sites (tertiary alicyclic amines) is 1. The second kappa shape index (κ2) is 11.2. The van der Waals surface area contributed by atoms with E-state index in [2.05, 4.69) is 16.4 Å². The van der Waals surface area contributed by atoms with Crippen LogP contribution in [0.15, 0.2) is 36.9 Å². The molecule has 0 spiro atoms. The Kier molecular flexibility index (Phi) is 8.95. The van der Waals surface area contributed by atoms with E-state index in [4.69, 9.17) is 0 Å². The minimum absolute atomic E-state index is 0.133. The first-order chi connectivity index (χ1) is 13.0. The van der Waals surface area contributed by atoms with Gasteiger partial charge in [-0.05, 0) is 51.9 Å². The molecule has 0 N–H and O–H groups in total. The number of carbonyl (C=O) groups is 1. The summed E-state index contributed by atoms with van der Waals surface area (Å²) in [6.07, 6.45) is 5.28. The Hall–Kier alpha value is -1.72. The van der Waals surface area contributed by atoms with Crippen LogP contribution in [0.5, 0.6) is 0 Å². The summed E-state index contributed by atoms with van der Waals surface area (Å²) < 4.78 is 14.0. The van der Waals surface area contributed by atoms with Crippen molar-refractivity contribution in [3.63, 3.8) is 0 Å². The van der Waals surface area contributed by atoms with Crippen LogP contribution in [-0.2, 0) is 11.3 Å². The Morgan fingerprint density at radius 1 is 1.33 bits per heavy atom. The van der Waals surface area contributed by atoms with Crippen LogP contribution in [0.4, 0.5) is 4.39 Å². The van der Waals surface area contributed by atoms with E-state index in [-0.39, 0.29) is 11.7 Å². The standard InChI is InChI=1S/C22H34FN3O/c1-4-5-12-22(27)26(15-14-24(2)3)17-19-9-8-13-25(16-19)18-20-10-6-7-11-21(20)23/h4,6-7,10-11,19H,1,5,8-9,12-18H2,2-3H3/t19-/m0/s1. The van der Waals surface area contributed by atoms with Gasteiger partial charge in [0.25, 0.3) is 0 Å². The number of rotatable bonds is 10. The molecule has 27 heavy (non-hydrogen) atoms. The lowest BCUT2D eigenvalue weighted by atomic mass is 9.96. The van der Waals surface area contributed by atoms with Gasteiger partial charge in [0, 0.05) is 44.7 Å². The molecule has 1 aliphatic heterocycles. The van der Waals surface area contributed by atoms with Gasteiger partial charge in [0.1, 0.15) is 5.82 Å². The van der Waals surface area contributed by atoms with E-state index in [9.17, 15) is 9.18 Å². The third kappa shape index (κ3) is 7.43. The molecule has 0 saturated carbocycles. The molecule has 5 heteroatoms. The summed E-state index contributed by atoms with van der Waals surface area (Å²) >= 11 is 0. The number of likely N-dealkylation sites (N-methyl/N-ethyl adjacent to an activating group) is 1. The first kappa shape index (κ1) is 21.6. The van der Waals surface area contributed by atoms with Crippen LogP contribution >= 0.6 is 0 Å². The van der Waals surface area contributed by atoms with E-state index in [0.717, 1.165) is 57.5 Å². The molecular weight excluding hydrogens is 341 g/mol. The number of carbonyl (C=O) groups excluding carboxylic acids is 1. The fourth-order valence-corrected chi connectivity index (χ4v) is 3.65. The van der Waals surface area contributed by atoms with Crippen molar-refractivity contribution < 1.29 is 9.18 Å². The van der Waals surface area contributed by atoms with Crippen LogP contribution < -0.4 is 0 Å². The SMILES string of the molecule is C=CCCC(=O)N(CCN(C)C)C[C@H]1CCCN(Cc2ccccc2F)C1. The highest BCUT2D eigenvalue weighted by molar-refractivity contribution is 5.76. The number of amides is 1. The average molecular weight is 376 g/mol. The van der Waals surface area contributed by atoms with E-state index in [1.807, 2.05) is 31.1 Å². The lowest BCUT2D eigenvalue weighted by Gasteiger charge is -2.36. The van der Waals surface area contributed by atoms with E-state index in [1.54, 1.807) is 12.1 Å². The molecule has 1 atom stereocenters. The third-order valence-electron chi connectivity index (χ3n) is 5.17. The Morgan fingerprint density at radius 3 is 2.81 bits per heavy atom. The summed E-state index contributed by atoms with van der Waals surface area (Å²) in [7, 11) is 4.06. The maximum absolute atomic E-state index is 14.0. The van der Waals surface area contributed by atoms with Gasteiger partial charge in [-0.15, -0.1) is 6.58 Å². The highest BCUT2D eigenvalue weighted by Crippen LogP contribution is 2.21. The van der Waals surface area contributed by atoms with E-state index < -0.39 is 0 Å². The molecule has 4 nitrogen and oxygen atoms in total. The minimum atomic E-state index is -0.133. The van der Waals surface area contributed by atoms with Crippen LogP contribution in [0.25, 0.3) is 0 Å². The topological polar surface area (TPSA) is 26.8 Å². The van der Waals surface area contributed by atoms with Gasteiger partial charge in [-0.25, -0.2) is 4.39 Å². The molecule has 1 heterocycles. The number of piperidine rings is 1. The predicted octanol–water partition coefficient (Wildman–Crippen LogP) is 3.39. The number of nitrogens with zero attached hydrogens (tertiary/aromatic N) is 3. The van der Waals surface area contributed by atoms with E-state index >= 15 is 0 Å². The van der Waals surface area contributed by atoms with Crippen molar-refractivity contribution in [1.82, 2.24) is 14.7 Å². The summed E-state index contributed by atoms with van der Waals surface area (Å²) in [6, 6.07) is 7.01. The van der Waals surface area contributed by atoms with Crippen molar-refractivity contribution in [2.45, 2.75) is 32.2 Å². The normalized spacial score (nSPS) is 17.9. The molecule has 1 aliphatic rings. The van der Waals surface area contributed by atoms with Crippen molar-refractivity contribution in [1.29, 1.82) is 0 Å². The monoisotopic (exact) mass is 375 g/mol. The van der Waals surface area contributed by atoms with Crippen LogP contribution in [0.3, 0.4) is 0 Å². The Morgan fingerprint density at radius 2 is 2.11 bits per heavy atom. The zero-order valence-electron chi connectivity index (χ0n) is 16.9. The second-order valence-electron chi connectivity index (χ2n) is 7.81. The molecule has 0 aromatic heterocycles. The summed E-state index contributed by atoms with van der Waals surface area (Å²) in [6.45, 7) is 8.69. The quantitative estimate of drug-likeness (QED) is 0.587. The molecule has 1 aromatic carbocycles. The number of allylic oxidation sites excluding steroid dienone is 1. The first-order valence-electron chi connectivity index (χ1n) is 9.98. The van der Waals surface area contributed by atoms with Crippen LogP contribution in [0.1, 0.15) is 31.2 Å². The molecule has 0 aliphatic carbocycles. The number of hydrogen-bond acceptors (Lipinski definition) is 3. The number of hydrogen-bond donors (Lipinski definition) is 0. The lowest BCUT2D eigenvalue weighted by Crippen LogP contribution is -2.44. The molecule has 0 unspecified atom stereocenters. The van der Waals surface area contributed by atoms with E-state index in [0.29, 0.717) is 18.9 Å². The fraction of sp³-hybridized carbons (Fsp3) is 0.591. The van der Waals surface area contributed by atoms with Gasteiger partial charge >= 0.3 is 0 Å². The Bertz CT molecular complexity index is 605. The fourth-order valence-electron chi connectivity index (χ4n) is 3.65. The van der Waals surface area contributed by atoms with Crippen LogP contribution in [-0.4, -0.2) is 67.4 Å². The highest BCUT2D eigenvalue weighted by Gasteiger charge is 2.24. The van der Waals surface area contributed by atoms with Gasteiger partial charge in [-0.1, -0.05) is 24.3 Å². The van der Waals surface area contributed by atoms with E-state index in [1.165, 1.54) is 6.07 Å². The van der Waals surface area contributed by atoms with Crippen LogP contribution in [0.2, 0.25) is 0 Å². The van der Waals surface area contributed by atoms with Crippen molar-refractivity contribution in [3.05, 3.63) is 48.3 Å². The largest absolute Gasteiger partial charge is 0.341 e. The van der Waals surface area contributed by atoms with Gasteiger partial charge < -0.3 is 9.80 Å². The van der Waals surface area contributed by atoms with Gasteiger partial charge in [-0.3, -0.25) is 9.69 Å². The van der Waals surface area contributed by atoms with Gasteiger partial charge in [-0.2, -0.15) is 0 Å². The molecule has 2 rings (SSSR count). The maximum atomic E-state index is 14.0. The van der Waals surface area contributed by atoms with Gasteiger partial charge in [0.15, 0.2) is 0 Å². The van der Waals surface area contributed by atoms with Crippen molar-refractivity contribution in [3.8, 4) is 0 Å². The molecule has 1 aromatic rings. The zero-order chi connectivity index (χ0) is 19.6. The first-order valence-corrected chi connectivity index (χ1v) is 9.98. The maximum Gasteiger partial charge on any atom is 0.222 e. The van der Waals surface area contributed by atoms with Crippen molar-refractivity contribution in [2.24, 2.45) is 5.92 Å². The lowest BCUT2D eigenvalue weighted by molar-refractivity contribution is -0.132. The molecule has 1 amide bonds. The minimum Gasteiger partial charge on any atom is -0.341 e. The molecule has 150 valence electrons. The van der Waals surface area contributed by atoms with Crippen molar-refractivity contribution >= 4 is 5.91 Å². The second-order valence-corrected chi connectivity index (χ2v) is 7.81. The summed E-state index contributed by atoms with van der Waals surface area (Å²) in [4.78, 5) is 19.1. The zero-order valence-corrected chi connectivity index (χ0v) is 16.9. The predicted molar refractivity (Wildman–Crippen MR) is 109 cm³/mol. The molecule has 0 bridgehead atoms. The Labute approximate surface area is 163 Å². The molecule has 1 fully saturated rings. The average Bonchev–Trinajstić information content (AvgIpc) is 2.65. The summed E-state index contributed by atoms with van der Waals surface area (Å²) in [5.41, 5.74) is 0.754. The highest BCUT2D eigenvalue weighted by atomic mass is 19.1. The Balaban J connectivity index is 1.93. The number of benzene rings is 1. The third-order valence-corrected chi connectivity index (χ3v) is 5.17. The van der Waals surface area contributed by atoms with Gasteiger partial charge in [0.2, 0.25) is 5.91 Å². The van der Waals surface area contributed by atoms with Crippen molar-refractivity contribution in [2.75, 3.05) is 46.8 Å². The van der Waals surface area contributed by atoms with Crippen LogP contribution in [0, 0.1) is 11.7 Å². The smallest absolute Gasteiger partial charge is 0.222 e. The number of halogens is 1. The summed E-state index contributed by atoms with van der Waals surface area (Å²) in [5, 5.41) is 0. The van der Waals surface area contributed by atoms with Gasteiger partial charge in [0.05, 0.1) is 0 Å².